The smallest absolute Gasteiger partial charge is 0.338 e. The second-order valence-corrected chi connectivity index (χ2v) is 4.62. The Morgan fingerprint density at radius 1 is 1.54 bits per heavy atom. The van der Waals surface area contributed by atoms with E-state index in [1.807, 2.05) is 0 Å². The molecule has 3 nitrogen and oxygen atoms in total. The molecule has 2 rings (SSSR count). The summed E-state index contributed by atoms with van der Waals surface area (Å²) >= 11 is 0. The molecule has 2 fully saturated rings. The first kappa shape index (κ1) is 9.00. The largest absolute Gasteiger partial charge is 0.460 e. The molecule has 0 unspecified atom stereocenters. The summed E-state index contributed by atoms with van der Waals surface area (Å²) in [6.45, 7) is 3.74. The molecule has 1 saturated carbocycles. The van der Waals surface area contributed by atoms with E-state index in [-0.39, 0.29) is 12.0 Å². The van der Waals surface area contributed by atoms with Gasteiger partial charge in [0.2, 0.25) is 0 Å². The number of hydrogen-bond donors (Lipinski definition) is 1. The maximum Gasteiger partial charge on any atom is 0.338 e. The Balaban J connectivity index is 2.18. The van der Waals surface area contributed by atoms with Crippen molar-refractivity contribution in [2.24, 2.45) is 11.8 Å². The Hall–Kier alpha value is -0.570. The highest BCUT2D eigenvalue weighted by Crippen LogP contribution is 2.42. The molecule has 3 heteroatoms. The van der Waals surface area contributed by atoms with E-state index in [0.29, 0.717) is 5.92 Å². The second-order valence-electron chi connectivity index (χ2n) is 4.62. The van der Waals surface area contributed by atoms with Crippen molar-refractivity contribution in [3.8, 4) is 0 Å². The van der Waals surface area contributed by atoms with Crippen LogP contribution in [0.15, 0.2) is 0 Å². The van der Waals surface area contributed by atoms with Crippen LogP contribution >= 0.6 is 0 Å². The van der Waals surface area contributed by atoms with Crippen molar-refractivity contribution in [2.75, 3.05) is 0 Å². The molecule has 1 aliphatic heterocycles. The topological polar surface area (TPSA) is 46.5 Å². The Bertz CT molecular complexity index is 234. The maximum absolute atomic E-state index is 11.3. The van der Waals surface area contributed by atoms with E-state index in [0.717, 1.165) is 19.3 Å². The van der Waals surface area contributed by atoms with E-state index in [1.165, 1.54) is 0 Å². The van der Waals surface area contributed by atoms with Gasteiger partial charge in [0.05, 0.1) is 0 Å². The van der Waals surface area contributed by atoms with Crippen LogP contribution in [0.2, 0.25) is 0 Å². The number of hydrogen-bond acceptors (Lipinski definition) is 3. The Morgan fingerprint density at radius 2 is 2.23 bits per heavy atom. The fourth-order valence-corrected chi connectivity index (χ4v) is 2.51. The Kier molecular flexibility index (Phi) is 1.88. The summed E-state index contributed by atoms with van der Waals surface area (Å²) < 4.78 is 5.16. The summed E-state index contributed by atoms with van der Waals surface area (Å²) in [5, 5.41) is 9.87. The van der Waals surface area contributed by atoms with Crippen molar-refractivity contribution in [2.45, 2.75) is 44.8 Å². The van der Waals surface area contributed by atoms with Gasteiger partial charge in [-0.3, -0.25) is 0 Å². The molecule has 0 spiro atoms. The molecule has 13 heavy (non-hydrogen) atoms. The van der Waals surface area contributed by atoms with E-state index < -0.39 is 11.6 Å². The van der Waals surface area contributed by atoms with Gasteiger partial charge in [-0.1, -0.05) is 13.3 Å². The van der Waals surface area contributed by atoms with Gasteiger partial charge in [0.1, 0.15) is 6.10 Å². The van der Waals surface area contributed by atoms with Gasteiger partial charge in [-0.2, -0.15) is 0 Å². The highest BCUT2D eigenvalue weighted by atomic mass is 16.6. The Labute approximate surface area is 78.1 Å². The zero-order chi connectivity index (χ0) is 9.64. The van der Waals surface area contributed by atoms with Gasteiger partial charge >= 0.3 is 5.97 Å². The fourth-order valence-electron chi connectivity index (χ4n) is 2.51. The summed E-state index contributed by atoms with van der Waals surface area (Å²) in [7, 11) is 0. The van der Waals surface area contributed by atoms with Crippen LogP contribution in [-0.4, -0.2) is 22.8 Å². The third-order valence-electron chi connectivity index (χ3n) is 3.45. The summed E-state index contributed by atoms with van der Waals surface area (Å²) in [6, 6.07) is 0. The van der Waals surface area contributed by atoms with Crippen molar-refractivity contribution in [3.05, 3.63) is 0 Å². The van der Waals surface area contributed by atoms with Gasteiger partial charge in [-0.05, 0) is 25.7 Å². The van der Waals surface area contributed by atoms with Gasteiger partial charge in [-0.15, -0.1) is 0 Å². The molecule has 0 radical (unpaired) electrons. The maximum atomic E-state index is 11.3. The molecule has 0 aromatic heterocycles. The van der Waals surface area contributed by atoms with Gasteiger partial charge in [-0.25, -0.2) is 4.79 Å². The van der Waals surface area contributed by atoms with E-state index in [4.69, 9.17) is 4.74 Å². The molecule has 1 heterocycles. The molecule has 0 aromatic carbocycles. The van der Waals surface area contributed by atoms with Crippen molar-refractivity contribution in [1.82, 2.24) is 0 Å². The molecule has 0 amide bonds. The summed E-state index contributed by atoms with van der Waals surface area (Å²) in [5.74, 6) is 0.204. The lowest BCUT2D eigenvalue weighted by Gasteiger charge is -2.31. The van der Waals surface area contributed by atoms with Crippen LogP contribution in [0.5, 0.6) is 0 Å². The van der Waals surface area contributed by atoms with Crippen molar-refractivity contribution in [3.63, 3.8) is 0 Å². The number of esters is 1. The number of ether oxygens (including phenoxy) is 1. The van der Waals surface area contributed by atoms with Crippen LogP contribution in [0, 0.1) is 11.8 Å². The van der Waals surface area contributed by atoms with Gasteiger partial charge < -0.3 is 9.84 Å². The van der Waals surface area contributed by atoms with Gasteiger partial charge in [0.15, 0.2) is 5.60 Å². The third-order valence-corrected chi connectivity index (χ3v) is 3.45. The van der Waals surface area contributed by atoms with Crippen LogP contribution in [0.1, 0.15) is 33.1 Å². The molecule has 1 N–H and O–H groups in total. The molecule has 2 aliphatic rings. The normalized spacial score (nSPS) is 50.1. The number of aliphatic hydroxyl groups is 1. The molecule has 1 aliphatic carbocycles. The number of rotatable bonds is 0. The lowest BCUT2D eigenvalue weighted by atomic mass is 9.75. The molecule has 74 valence electrons. The Morgan fingerprint density at radius 3 is 2.92 bits per heavy atom. The first-order valence-corrected chi connectivity index (χ1v) is 4.95. The van der Waals surface area contributed by atoms with Crippen LogP contribution in [-0.2, 0) is 9.53 Å². The number of carbonyl (C=O) groups is 1. The average Bonchev–Trinajstić information content (AvgIpc) is 2.23. The SMILES string of the molecule is C[C@@H]1CC[C@@H]2[C@@H](C1)OC(=O)[C@@]2(C)O. The molecule has 4 atom stereocenters. The van der Waals surface area contributed by atoms with Gasteiger partial charge in [0, 0.05) is 5.92 Å². The van der Waals surface area contributed by atoms with Crippen LogP contribution in [0.3, 0.4) is 0 Å². The van der Waals surface area contributed by atoms with Crippen molar-refractivity contribution >= 4 is 5.97 Å². The number of fused-ring (bicyclic) bond motifs is 1. The predicted octanol–water partition coefficient (Wildman–Crippen LogP) is 1.10. The van der Waals surface area contributed by atoms with E-state index in [2.05, 4.69) is 6.92 Å². The molecule has 0 aromatic rings. The predicted molar refractivity (Wildman–Crippen MR) is 47.0 cm³/mol. The minimum atomic E-state index is -1.23. The second kappa shape index (κ2) is 2.71. The fraction of sp³-hybridized carbons (Fsp3) is 0.900. The van der Waals surface area contributed by atoms with Gasteiger partial charge in [0.25, 0.3) is 0 Å². The highest BCUT2D eigenvalue weighted by molar-refractivity contribution is 5.81. The number of carbonyl (C=O) groups excluding carboxylic acids is 1. The summed E-state index contributed by atoms with van der Waals surface area (Å²) in [4.78, 5) is 11.3. The van der Waals surface area contributed by atoms with E-state index >= 15 is 0 Å². The zero-order valence-corrected chi connectivity index (χ0v) is 8.12. The van der Waals surface area contributed by atoms with Crippen LogP contribution < -0.4 is 0 Å². The summed E-state index contributed by atoms with van der Waals surface area (Å²) in [5.41, 5.74) is -1.23. The molecule has 1 saturated heterocycles. The lowest BCUT2D eigenvalue weighted by Crippen LogP contribution is -2.40. The minimum absolute atomic E-state index is 0.0243. The monoisotopic (exact) mass is 184 g/mol. The van der Waals surface area contributed by atoms with Crippen molar-refractivity contribution in [1.29, 1.82) is 0 Å². The van der Waals surface area contributed by atoms with Crippen LogP contribution in [0.25, 0.3) is 0 Å². The van der Waals surface area contributed by atoms with E-state index in [9.17, 15) is 9.90 Å². The molecular formula is C10H16O3. The molecular weight excluding hydrogens is 168 g/mol. The average molecular weight is 184 g/mol. The van der Waals surface area contributed by atoms with Crippen LogP contribution in [0.4, 0.5) is 0 Å². The first-order valence-electron chi connectivity index (χ1n) is 4.95. The summed E-state index contributed by atoms with van der Waals surface area (Å²) in [6.07, 6.45) is 2.87. The zero-order valence-electron chi connectivity index (χ0n) is 8.12. The third kappa shape index (κ3) is 1.26. The van der Waals surface area contributed by atoms with Crippen molar-refractivity contribution < 1.29 is 14.6 Å². The standard InChI is InChI=1S/C10H16O3/c1-6-3-4-7-8(5-6)13-9(11)10(7,2)12/h6-8,12H,3-5H2,1-2H3/t6-,7-,8-,10+/m1/s1. The molecule has 0 bridgehead atoms. The minimum Gasteiger partial charge on any atom is -0.460 e. The quantitative estimate of drug-likeness (QED) is 0.573. The first-order chi connectivity index (χ1) is 6.01. The highest BCUT2D eigenvalue weighted by Gasteiger charge is 2.54. The van der Waals surface area contributed by atoms with E-state index in [1.54, 1.807) is 6.92 Å². The lowest BCUT2D eigenvalue weighted by molar-refractivity contribution is -0.154.